The first kappa shape index (κ1) is 13.9. The third kappa shape index (κ3) is 4.24. The number of carbonyl (C=O) groups excluding carboxylic acids is 1. The Morgan fingerprint density at radius 2 is 1.79 bits per heavy atom. The molecule has 0 unspecified atom stereocenters. The molecule has 4 nitrogen and oxygen atoms in total. The first-order valence-corrected chi connectivity index (χ1v) is 6.96. The summed E-state index contributed by atoms with van der Waals surface area (Å²) in [5.74, 6) is 0.295. The molecule has 0 saturated carbocycles. The molecular weight excluding hydrogens is 238 g/mol. The number of carbonyl (C=O) groups is 1. The molecule has 1 aromatic rings. The number of amides is 1. The summed E-state index contributed by atoms with van der Waals surface area (Å²) < 4.78 is 0. The van der Waals surface area contributed by atoms with Gasteiger partial charge in [-0.05, 0) is 37.6 Å². The fraction of sp³-hybridized carbons (Fsp3) is 0.533. The van der Waals surface area contributed by atoms with E-state index in [9.17, 15) is 4.79 Å². The highest BCUT2D eigenvalue weighted by molar-refractivity contribution is 5.76. The van der Waals surface area contributed by atoms with Crippen molar-refractivity contribution in [1.29, 1.82) is 0 Å². The Kier molecular flexibility index (Phi) is 4.80. The van der Waals surface area contributed by atoms with E-state index in [0.29, 0.717) is 12.3 Å². The van der Waals surface area contributed by atoms with Crippen molar-refractivity contribution in [1.82, 2.24) is 9.80 Å². The van der Waals surface area contributed by atoms with Gasteiger partial charge in [-0.2, -0.15) is 0 Å². The van der Waals surface area contributed by atoms with Crippen molar-refractivity contribution in [3.8, 4) is 0 Å². The van der Waals surface area contributed by atoms with Crippen molar-refractivity contribution in [2.45, 2.75) is 19.3 Å². The number of nitrogen functional groups attached to an aromatic ring is 1. The Labute approximate surface area is 115 Å². The number of rotatable bonds is 4. The number of anilines is 1. The van der Waals surface area contributed by atoms with Crippen LogP contribution >= 0.6 is 0 Å². The molecule has 1 aromatic carbocycles. The molecular formula is C15H23N3O. The maximum Gasteiger partial charge on any atom is 0.222 e. The van der Waals surface area contributed by atoms with Crippen molar-refractivity contribution in [3.63, 3.8) is 0 Å². The lowest BCUT2D eigenvalue weighted by atomic mass is 10.1. The molecule has 1 fully saturated rings. The van der Waals surface area contributed by atoms with Gasteiger partial charge in [0.05, 0.1) is 0 Å². The Morgan fingerprint density at radius 1 is 1.16 bits per heavy atom. The van der Waals surface area contributed by atoms with Gasteiger partial charge in [0.15, 0.2) is 0 Å². The summed E-state index contributed by atoms with van der Waals surface area (Å²) in [4.78, 5) is 16.3. The van der Waals surface area contributed by atoms with E-state index in [-0.39, 0.29) is 0 Å². The number of benzene rings is 1. The molecule has 1 saturated heterocycles. The van der Waals surface area contributed by atoms with E-state index in [1.54, 1.807) is 0 Å². The van der Waals surface area contributed by atoms with Crippen LogP contribution in [0.1, 0.15) is 18.4 Å². The Bertz CT molecular complexity index is 408. The number of aryl methyl sites for hydroxylation is 1. The summed E-state index contributed by atoms with van der Waals surface area (Å²) in [5.41, 5.74) is 7.69. The minimum absolute atomic E-state index is 0.295. The van der Waals surface area contributed by atoms with Gasteiger partial charge in [0.25, 0.3) is 0 Å². The zero-order valence-corrected chi connectivity index (χ0v) is 11.6. The highest BCUT2D eigenvalue weighted by Gasteiger charge is 2.18. The first-order chi connectivity index (χ1) is 9.15. The SMILES string of the molecule is CN1CCN(C(=O)CCCc2ccc(N)cc2)CC1. The van der Waals surface area contributed by atoms with Crippen LogP contribution in [0.3, 0.4) is 0 Å². The lowest BCUT2D eigenvalue weighted by molar-refractivity contribution is -0.132. The number of hydrogen-bond acceptors (Lipinski definition) is 3. The molecule has 0 aromatic heterocycles. The Balaban J connectivity index is 1.70. The highest BCUT2D eigenvalue weighted by atomic mass is 16.2. The van der Waals surface area contributed by atoms with Crippen LogP contribution < -0.4 is 5.73 Å². The molecule has 0 aliphatic carbocycles. The highest BCUT2D eigenvalue weighted by Crippen LogP contribution is 2.10. The molecule has 1 aliphatic heterocycles. The Morgan fingerprint density at radius 3 is 2.42 bits per heavy atom. The third-order valence-corrected chi connectivity index (χ3v) is 3.69. The van der Waals surface area contributed by atoms with Gasteiger partial charge < -0.3 is 15.5 Å². The molecule has 1 aliphatic rings. The predicted octanol–water partition coefficient (Wildman–Crippen LogP) is 1.37. The van der Waals surface area contributed by atoms with Crippen LogP contribution in [0, 0.1) is 0 Å². The summed E-state index contributed by atoms with van der Waals surface area (Å²) in [5, 5.41) is 0. The molecule has 2 N–H and O–H groups in total. The number of likely N-dealkylation sites (N-methyl/N-ethyl adjacent to an activating group) is 1. The van der Waals surface area contributed by atoms with Crippen LogP contribution in [0.15, 0.2) is 24.3 Å². The van der Waals surface area contributed by atoms with Crippen LogP contribution in [-0.2, 0) is 11.2 Å². The van der Waals surface area contributed by atoms with Crippen molar-refractivity contribution in [2.24, 2.45) is 0 Å². The zero-order chi connectivity index (χ0) is 13.7. The molecule has 19 heavy (non-hydrogen) atoms. The van der Waals surface area contributed by atoms with Gasteiger partial charge in [0, 0.05) is 38.3 Å². The second-order valence-corrected chi connectivity index (χ2v) is 5.28. The monoisotopic (exact) mass is 261 g/mol. The van der Waals surface area contributed by atoms with E-state index in [4.69, 9.17) is 5.73 Å². The van der Waals surface area contributed by atoms with E-state index in [0.717, 1.165) is 44.7 Å². The largest absolute Gasteiger partial charge is 0.399 e. The van der Waals surface area contributed by atoms with Crippen molar-refractivity contribution >= 4 is 11.6 Å². The summed E-state index contributed by atoms with van der Waals surface area (Å²) >= 11 is 0. The minimum Gasteiger partial charge on any atom is -0.399 e. The first-order valence-electron chi connectivity index (χ1n) is 6.96. The van der Waals surface area contributed by atoms with Gasteiger partial charge in [-0.3, -0.25) is 4.79 Å². The second kappa shape index (κ2) is 6.57. The lowest BCUT2D eigenvalue weighted by Crippen LogP contribution is -2.47. The normalized spacial score (nSPS) is 16.6. The molecule has 104 valence electrons. The molecule has 4 heteroatoms. The summed E-state index contributed by atoms with van der Waals surface area (Å²) in [6.45, 7) is 3.72. The number of piperazine rings is 1. The van der Waals surface area contributed by atoms with Crippen LogP contribution in [0.2, 0.25) is 0 Å². The van der Waals surface area contributed by atoms with Gasteiger partial charge in [-0.15, -0.1) is 0 Å². The van der Waals surface area contributed by atoms with Crippen molar-refractivity contribution in [3.05, 3.63) is 29.8 Å². The molecule has 0 spiro atoms. The Hall–Kier alpha value is -1.55. The summed E-state index contributed by atoms with van der Waals surface area (Å²) in [6, 6.07) is 7.90. The van der Waals surface area contributed by atoms with Crippen LogP contribution in [-0.4, -0.2) is 48.9 Å². The minimum atomic E-state index is 0.295. The van der Waals surface area contributed by atoms with E-state index in [1.807, 2.05) is 29.2 Å². The molecule has 0 atom stereocenters. The lowest BCUT2D eigenvalue weighted by Gasteiger charge is -2.32. The fourth-order valence-corrected chi connectivity index (χ4v) is 2.34. The standard InChI is InChI=1S/C15H23N3O/c1-17-9-11-18(12-10-17)15(19)4-2-3-13-5-7-14(16)8-6-13/h5-8H,2-4,9-12,16H2,1H3. The average Bonchev–Trinajstić information content (AvgIpc) is 2.41. The predicted molar refractivity (Wildman–Crippen MR) is 77.9 cm³/mol. The molecule has 1 heterocycles. The van der Waals surface area contributed by atoms with E-state index in [1.165, 1.54) is 5.56 Å². The fourth-order valence-electron chi connectivity index (χ4n) is 2.34. The van der Waals surface area contributed by atoms with E-state index < -0.39 is 0 Å². The van der Waals surface area contributed by atoms with Crippen LogP contribution in [0.25, 0.3) is 0 Å². The van der Waals surface area contributed by atoms with Crippen molar-refractivity contribution < 1.29 is 4.79 Å². The van der Waals surface area contributed by atoms with Gasteiger partial charge in [-0.25, -0.2) is 0 Å². The number of nitrogens with zero attached hydrogens (tertiary/aromatic N) is 2. The van der Waals surface area contributed by atoms with Crippen LogP contribution in [0.4, 0.5) is 5.69 Å². The number of nitrogens with two attached hydrogens (primary N) is 1. The average molecular weight is 261 g/mol. The zero-order valence-electron chi connectivity index (χ0n) is 11.6. The quantitative estimate of drug-likeness (QED) is 0.833. The molecule has 2 rings (SSSR count). The van der Waals surface area contributed by atoms with E-state index in [2.05, 4.69) is 11.9 Å². The molecule has 0 radical (unpaired) electrons. The van der Waals surface area contributed by atoms with Gasteiger partial charge >= 0.3 is 0 Å². The van der Waals surface area contributed by atoms with Crippen molar-refractivity contribution in [2.75, 3.05) is 39.0 Å². The summed E-state index contributed by atoms with van der Waals surface area (Å²) in [6.07, 6.45) is 2.50. The van der Waals surface area contributed by atoms with Crippen LogP contribution in [0.5, 0.6) is 0 Å². The molecule has 0 bridgehead atoms. The van der Waals surface area contributed by atoms with Gasteiger partial charge in [-0.1, -0.05) is 12.1 Å². The topological polar surface area (TPSA) is 49.6 Å². The second-order valence-electron chi connectivity index (χ2n) is 5.28. The third-order valence-electron chi connectivity index (χ3n) is 3.69. The van der Waals surface area contributed by atoms with Gasteiger partial charge in [0.1, 0.15) is 0 Å². The maximum absolute atomic E-state index is 12.0. The molecule has 1 amide bonds. The van der Waals surface area contributed by atoms with E-state index >= 15 is 0 Å². The smallest absolute Gasteiger partial charge is 0.222 e. The maximum atomic E-state index is 12.0. The number of hydrogen-bond donors (Lipinski definition) is 1. The van der Waals surface area contributed by atoms with Gasteiger partial charge in [0.2, 0.25) is 5.91 Å². The summed E-state index contributed by atoms with van der Waals surface area (Å²) in [7, 11) is 2.10.